The van der Waals surface area contributed by atoms with Crippen LogP contribution in [0.4, 0.5) is 5.13 Å². The fourth-order valence-corrected chi connectivity index (χ4v) is 4.21. The number of nitrogens with zero attached hydrogens (tertiary/aromatic N) is 1. The summed E-state index contributed by atoms with van der Waals surface area (Å²) in [4.78, 5) is 17.6. The van der Waals surface area contributed by atoms with Crippen molar-refractivity contribution in [3.63, 3.8) is 0 Å². The molecule has 146 valence electrons. The first kappa shape index (κ1) is 19.6. The minimum Gasteiger partial charge on any atom is -0.457 e. The second kappa shape index (κ2) is 8.35. The van der Waals surface area contributed by atoms with Gasteiger partial charge < -0.3 is 4.42 Å². The van der Waals surface area contributed by atoms with Crippen LogP contribution >= 0.6 is 27.3 Å². The Morgan fingerprint density at radius 2 is 2.03 bits per heavy atom. The van der Waals surface area contributed by atoms with Gasteiger partial charge in [-0.25, -0.2) is 4.98 Å². The van der Waals surface area contributed by atoms with Gasteiger partial charge >= 0.3 is 0 Å². The van der Waals surface area contributed by atoms with Gasteiger partial charge in [-0.15, -0.1) is 11.3 Å². The van der Waals surface area contributed by atoms with Crippen LogP contribution in [0.15, 0.2) is 63.6 Å². The highest BCUT2D eigenvalue weighted by atomic mass is 79.9. The lowest BCUT2D eigenvalue weighted by molar-refractivity contribution is -0.111. The third-order valence-electron chi connectivity index (χ3n) is 4.63. The normalized spacial score (nSPS) is 11.4. The summed E-state index contributed by atoms with van der Waals surface area (Å²) in [5.41, 5.74) is 4.59. The van der Waals surface area contributed by atoms with E-state index in [1.54, 1.807) is 6.08 Å². The van der Waals surface area contributed by atoms with E-state index < -0.39 is 0 Å². The Kier molecular flexibility index (Phi) is 5.65. The lowest BCUT2D eigenvalue weighted by atomic mass is 10.0. The van der Waals surface area contributed by atoms with E-state index >= 15 is 0 Å². The van der Waals surface area contributed by atoms with Gasteiger partial charge in [0.15, 0.2) is 5.13 Å². The second-order valence-electron chi connectivity index (χ2n) is 6.88. The third-order valence-corrected chi connectivity index (χ3v) is 6.04. The molecule has 1 amide bonds. The van der Waals surface area contributed by atoms with E-state index in [2.05, 4.69) is 58.3 Å². The molecule has 0 spiro atoms. The predicted molar refractivity (Wildman–Crippen MR) is 122 cm³/mol. The van der Waals surface area contributed by atoms with Gasteiger partial charge in [0.2, 0.25) is 5.91 Å². The van der Waals surface area contributed by atoms with Crippen LogP contribution in [0.2, 0.25) is 0 Å². The van der Waals surface area contributed by atoms with Crippen LogP contribution < -0.4 is 5.32 Å². The number of fused-ring (bicyclic) bond motifs is 1. The number of aromatic nitrogens is 1. The molecule has 29 heavy (non-hydrogen) atoms. The molecule has 2 aromatic heterocycles. The zero-order valence-electron chi connectivity index (χ0n) is 16.0. The van der Waals surface area contributed by atoms with Crippen molar-refractivity contribution >= 4 is 55.4 Å². The van der Waals surface area contributed by atoms with Crippen molar-refractivity contribution in [1.82, 2.24) is 4.98 Å². The molecule has 0 radical (unpaired) electrons. The standard InChI is InChI=1S/C23H19BrN2O2S/c1-14-3-4-16(9-15(14)2)10-20-13-25-23(29-20)26-22(27)8-6-19-12-17-11-18(24)5-7-21(17)28-19/h3-9,11-13H,10H2,1-2H3,(H,25,26,27)/b8-6+. The molecule has 0 aliphatic rings. The first-order valence-electron chi connectivity index (χ1n) is 9.15. The zero-order chi connectivity index (χ0) is 20.4. The molecule has 0 saturated heterocycles. The number of carbonyl (C=O) groups excluding carboxylic acids is 1. The van der Waals surface area contributed by atoms with E-state index in [9.17, 15) is 4.79 Å². The number of furan rings is 1. The number of carbonyl (C=O) groups is 1. The Labute approximate surface area is 181 Å². The lowest BCUT2D eigenvalue weighted by Gasteiger charge is -2.03. The number of benzene rings is 2. The Balaban J connectivity index is 1.39. The minimum absolute atomic E-state index is 0.237. The summed E-state index contributed by atoms with van der Waals surface area (Å²) in [5.74, 6) is 0.390. The van der Waals surface area contributed by atoms with E-state index in [4.69, 9.17) is 4.42 Å². The average molecular weight is 467 g/mol. The highest BCUT2D eigenvalue weighted by Crippen LogP contribution is 2.25. The number of halogens is 1. The maximum absolute atomic E-state index is 12.2. The molecule has 0 bridgehead atoms. The quantitative estimate of drug-likeness (QED) is 0.341. The summed E-state index contributed by atoms with van der Waals surface area (Å²) in [7, 11) is 0. The Morgan fingerprint density at radius 3 is 2.86 bits per heavy atom. The van der Waals surface area contributed by atoms with Crippen molar-refractivity contribution in [2.45, 2.75) is 20.3 Å². The van der Waals surface area contributed by atoms with Crippen molar-refractivity contribution in [3.8, 4) is 0 Å². The highest BCUT2D eigenvalue weighted by molar-refractivity contribution is 9.10. The first-order chi connectivity index (χ1) is 14.0. The van der Waals surface area contributed by atoms with Gasteiger partial charge in [-0.3, -0.25) is 10.1 Å². The first-order valence-corrected chi connectivity index (χ1v) is 10.8. The predicted octanol–water partition coefficient (Wildman–Crippen LogP) is 6.51. The van der Waals surface area contributed by atoms with Crippen molar-refractivity contribution in [3.05, 3.63) is 86.5 Å². The van der Waals surface area contributed by atoms with Crippen molar-refractivity contribution in [1.29, 1.82) is 0 Å². The van der Waals surface area contributed by atoms with Gasteiger partial charge in [-0.05, 0) is 60.9 Å². The maximum Gasteiger partial charge on any atom is 0.250 e. The summed E-state index contributed by atoms with van der Waals surface area (Å²) < 4.78 is 6.70. The Hall–Kier alpha value is -2.70. The van der Waals surface area contributed by atoms with Crippen molar-refractivity contribution in [2.24, 2.45) is 0 Å². The maximum atomic E-state index is 12.2. The van der Waals surface area contributed by atoms with Crippen LogP contribution in [0.3, 0.4) is 0 Å². The van der Waals surface area contributed by atoms with Gasteiger partial charge in [0.05, 0.1) is 0 Å². The lowest BCUT2D eigenvalue weighted by Crippen LogP contribution is -2.06. The highest BCUT2D eigenvalue weighted by Gasteiger charge is 2.07. The van der Waals surface area contributed by atoms with E-state index in [0.29, 0.717) is 10.9 Å². The van der Waals surface area contributed by atoms with Crippen LogP contribution in [0.1, 0.15) is 27.3 Å². The average Bonchev–Trinajstić information content (AvgIpc) is 3.29. The van der Waals surface area contributed by atoms with Crippen LogP contribution in [0.25, 0.3) is 17.0 Å². The smallest absolute Gasteiger partial charge is 0.250 e. The fourth-order valence-electron chi connectivity index (χ4n) is 2.98. The minimum atomic E-state index is -0.237. The van der Waals surface area contributed by atoms with E-state index in [0.717, 1.165) is 26.7 Å². The molecule has 6 heteroatoms. The Morgan fingerprint density at radius 1 is 1.17 bits per heavy atom. The number of hydrogen-bond donors (Lipinski definition) is 1. The van der Waals surface area contributed by atoms with Gasteiger partial charge in [0.25, 0.3) is 0 Å². The molecule has 2 heterocycles. The fraction of sp³-hybridized carbons (Fsp3) is 0.130. The third kappa shape index (κ3) is 4.83. The van der Waals surface area contributed by atoms with Crippen molar-refractivity contribution < 1.29 is 9.21 Å². The van der Waals surface area contributed by atoms with Crippen LogP contribution in [0, 0.1) is 13.8 Å². The zero-order valence-corrected chi connectivity index (χ0v) is 18.4. The van der Waals surface area contributed by atoms with Gasteiger partial charge in [-0.1, -0.05) is 34.1 Å². The van der Waals surface area contributed by atoms with Crippen molar-refractivity contribution in [2.75, 3.05) is 5.32 Å². The number of amides is 1. The van der Waals surface area contributed by atoms with E-state index in [1.807, 2.05) is 30.5 Å². The summed E-state index contributed by atoms with van der Waals surface area (Å²) in [5, 5.41) is 4.39. The van der Waals surface area contributed by atoms with Crippen LogP contribution in [-0.2, 0) is 11.2 Å². The summed E-state index contributed by atoms with van der Waals surface area (Å²) in [6.07, 6.45) is 5.74. The van der Waals surface area contributed by atoms with Gasteiger partial charge in [0, 0.05) is 33.4 Å². The number of anilines is 1. The molecule has 0 fully saturated rings. The van der Waals surface area contributed by atoms with Crippen LogP contribution in [0.5, 0.6) is 0 Å². The van der Waals surface area contributed by atoms with E-state index in [-0.39, 0.29) is 5.91 Å². The number of hydrogen-bond acceptors (Lipinski definition) is 4. The van der Waals surface area contributed by atoms with Gasteiger partial charge in [0.1, 0.15) is 11.3 Å². The number of thiazole rings is 1. The van der Waals surface area contributed by atoms with Crippen LogP contribution in [-0.4, -0.2) is 10.9 Å². The molecule has 0 unspecified atom stereocenters. The molecule has 0 atom stereocenters. The molecule has 2 aromatic carbocycles. The summed E-state index contributed by atoms with van der Waals surface area (Å²) in [6.45, 7) is 4.22. The molecule has 4 aromatic rings. The number of rotatable bonds is 5. The summed E-state index contributed by atoms with van der Waals surface area (Å²) in [6, 6.07) is 14.2. The monoisotopic (exact) mass is 466 g/mol. The molecule has 4 rings (SSSR count). The molecular weight excluding hydrogens is 448 g/mol. The molecule has 4 nitrogen and oxygen atoms in total. The summed E-state index contributed by atoms with van der Waals surface area (Å²) >= 11 is 4.93. The second-order valence-corrected chi connectivity index (χ2v) is 8.91. The number of nitrogens with one attached hydrogen (secondary N) is 1. The SMILES string of the molecule is Cc1ccc(Cc2cnc(NC(=O)/C=C/c3cc4cc(Br)ccc4o3)s2)cc1C. The molecule has 0 saturated carbocycles. The van der Waals surface area contributed by atoms with Gasteiger partial charge in [-0.2, -0.15) is 0 Å². The molecule has 0 aliphatic heterocycles. The molecule has 0 aliphatic carbocycles. The topological polar surface area (TPSA) is 55.1 Å². The molecular formula is C23H19BrN2O2S. The molecule has 1 N–H and O–H groups in total. The largest absolute Gasteiger partial charge is 0.457 e. The van der Waals surface area contributed by atoms with E-state index in [1.165, 1.54) is 34.1 Å². The Bertz CT molecular complexity index is 1220. The number of aryl methyl sites for hydroxylation is 2.